The molecule has 0 atom stereocenters. The molecular formula is C5H13N3O2S2. The van der Waals surface area contributed by atoms with Gasteiger partial charge in [0, 0.05) is 36.4 Å². The Morgan fingerprint density at radius 3 is 2.83 bits per heavy atom. The lowest BCUT2D eigenvalue weighted by atomic mass is 10.6. The van der Waals surface area contributed by atoms with Crippen molar-refractivity contribution < 1.29 is 9.90 Å². The molecule has 7 heteroatoms. The zero-order valence-electron chi connectivity index (χ0n) is 6.58. The topological polar surface area (TPSA) is 87.4 Å². The van der Waals surface area contributed by atoms with Crippen molar-refractivity contribution in [3.05, 3.63) is 0 Å². The Morgan fingerprint density at radius 2 is 2.25 bits per heavy atom. The highest BCUT2D eigenvalue weighted by molar-refractivity contribution is 8.76. The number of amides is 1. The molecule has 72 valence electrons. The second kappa shape index (κ2) is 8.98. The van der Waals surface area contributed by atoms with Crippen molar-refractivity contribution >= 4 is 27.9 Å². The molecule has 0 unspecified atom stereocenters. The number of nitrogens with one attached hydrogen (secondary N) is 2. The number of hydrogen-bond acceptors (Lipinski definition) is 5. The molecule has 0 aromatic heterocycles. The lowest BCUT2D eigenvalue weighted by molar-refractivity contribution is 0.202. The standard InChI is InChI=1S/C5H13N3O2S2/c6-1-2-7-3-4-11-12-8-5(9)10/h7-8H,1-4,6H2,(H,9,10). The Labute approximate surface area is 79.4 Å². The largest absolute Gasteiger partial charge is 0.464 e. The summed E-state index contributed by atoms with van der Waals surface area (Å²) >= 11 is 0. The van der Waals surface area contributed by atoms with Crippen LogP contribution in [0, 0.1) is 0 Å². The van der Waals surface area contributed by atoms with Crippen LogP contribution in [0.2, 0.25) is 0 Å². The van der Waals surface area contributed by atoms with Gasteiger partial charge in [0.05, 0.1) is 0 Å². The van der Waals surface area contributed by atoms with Gasteiger partial charge < -0.3 is 16.2 Å². The minimum absolute atomic E-state index is 0.630. The summed E-state index contributed by atoms with van der Waals surface area (Å²) in [5.41, 5.74) is 5.24. The van der Waals surface area contributed by atoms with Gasteiger partial charge in [-0.3, -0.25) is 4.72 Å². The number of carboxylic acid groups (broad SMARTS) is 1. The van der Waals surface area contributed by atoms with Crippen LogP contribution < -0.4 is 15.8 Å². The zero-order valence-corrected chi connectivity index (χ0v) is 8.21. The molecule has 0 rings (SSSR count). The number of rotatable bonds is 7. The van der Waals surface area contributed by atoms with Crippen LogP contribution >= 0.6 is 21.8 Å². The van der Waals surface area contributed by atoms with E-state index in [-0.39, 0.29) is 0 Å². The molecule has 0 bridgehead atoms. The minimum atomic E-state index is -1.01. The molecule has 0 fully saturated rings. The van der Waals surface area contributed by atoms with Crippen molar-refractivity contribution in [2.24, 2.45) is 5.73 Å². The molecule has 12 heavy (non-hydrogen) atoms. The summed E-state index contributed by atoms with van der Waals surface area (Å²) < 4.78 is 2.18. The molecule has 0 saturated heterocycles. The predicted octanol–water partition coefficient (Wildman–Crippen LogP) is 0.0987. The Bertz CT molecular complexity index is 125. The fourth-order valence-corrected chi connectivity index (χ4v) is 1.78. The summed E-state index contributed by atoms with van der Waals surface area (Å²) in [6.45, 7) is 2.28. The molecule has 0 aromatic carbocycles. The first-order valence-electron chi connectivity index (χ1n) is 3.45. The van der Waals surface area contributed by atoms with Crippen LogP contribution in [0.3, 0.4) is 0 Å². The highest BCUT2D eigenvalue weighted by Gasteiger charge is 1.93. The van der Waals surface area contributed by atoms with Crippen molar-refractivity contribution in [1.29, 1.82) is 0 Å². The average Bonchev–Trinajstić information content (AvgIpc) is 2.02. The predicted molar refractivity (Wildman–Crippen MR) is 53.1 cm³/mol. The molecule has 0 aliphatic carbocycles. The van der Waals surface area contributed by atoms with E-state index >= 15 is 0 Å². The van der Waals surface area contributed by atoms with Crippen molar-refractivity contribution in [3.63, 3.8) is 0 Å². The van der Waals surface area contributed by atoms with Crippen LogP contribution in [0.5, 0.6) is 0 Å². The zero-order chi connectivity index (χ0) is 9.23. The molecule has 0 aliphatic heterocycles. The van der Waals surface area contributed by atoms with Crippen LogP contribution in [0.15, 0.2) is 0 Å². The van der Waals surface area contributed by atoms with Gasteiger partial charge in [0.15, 0.2) is 0 Å². The highest BCUT2D eigenvalue weighted by atomic mass is 33.1. The van der Waals surface area contributed by atoms with E-state index in [1.54, 1.807) is 0 Å². The molecular weight excluding hydrogens is 198 g/mol. The van der Waals surface area contributed by atoms with E-state index in [1.807, 2.05) is 0 Å². The van der Waals surface area contributed by atoms with Gasteiger partial charge in [-0.05, 0) is 0 Å². The molecule has 0 aromatic rings. The number of hydrogen-bond donors (Lipinski definition) is 4. The Kier molecular flexibility index (Phi) is 8.90. The summed E-state index contributed by atoms with van der Waals surface area (Å²) in [5.74, 6) is 0.852. The molecule has 0 aliphatic rings. The lowest BCUT2D eigenvalue weighted by Gasteiger charge is -2.01. The van der Waals surface area contributed by atoms with E-state index < -0.39 is 6.09 Å². The monoisotopic (exact) mass is 211 g/mol. The van der Waals surface area contributed by atoms with E-state index in [0.717, 1.165) is 29.8 Å². The van der Waals surface area contributed by atoms with Crippen LogP contribution in [0.25, 0.3) is 0 Å². The van der Waals surface area contributed by atoms with E-state index in [4.69, 9.17) is 10.8 Å². The maximum Gasteiger partial charge on any atom is 0.415 e. The summed E-state index contributed by atoms with van der Waals surface area (Å²) in [7, 11) is 2.57. The smallest absolute Gasteiger partial charge is 0.415 e. The number of carbonyl (C=O) groups is 1. The molecule has 0 radical (unpaired) electrons. The minimum Gasteiger partial charge on any atom is -0.464 e. The molecule has 5 N–H and O–H groups in total. The second-order valence-corrected chi connectivity index (χ2v) is 4.07. The van der Waals surface area contributed by atoms with Gasteiger partial charge in [-0.25, -0.2) is 4.79 Å². The van der Waals surface area contributed by atoms with Gasteiger partial charge in [-0.1, -0.05) is 10.8 Å². The first-order chi connectivity index (χ1) is 5.77. The van der Waals surface area contributed by atoms with Gasteiger partial charge in [0.1, 0.15) is 0 Å². The Balaban J connectivity index is 2.86. The molecule has 0 heterocycles. The van der Waals surface area contributed by atoms with Gasteiger partial charge in [-0.15, -0.1) is 0 Å². The van der Waals surface area contributed by atoms with Crippen molar-refractivity contribution in [3.8, 4) is 0 Å². The van der Waals surface area contributed by atoms with Crippen molar-refractivity contribution in [2.45, 2.75) is 0 Å². The third-order valence-electron chi connectivity index (χ3n) is 0.871. The summed E-state index contributed by atoms with van der Waals surface area (Å²) in [6, 6.07) is 0. The van der Waals surface area contributed by atoms with E-state index in [2.05, 4.69) is 10.0 Å². The molecule has 5 nitrogen and oxygen atoms in total. The number of nitrogens with two attached hydrogens (primary N) is 1. The average molecular weight is 211 g/mol. The van der Waals surface area contributed by atoms with Crippen molar-refractivity contribution in [1.82, 2.24) is 10.0 Å². The summed E-state index contributed by atoms with van der Waals surface area (Å²) in [5, 5.41) is 11.3. The summed E-state index contributed by atoms with van der Waals surface area (Å²) in [4.78, 5) is 9.96. The molecule has 0 saturated carbocycles. The van der Waals surface area contributed by atoms with Crippen LogP contribution in [0.4, 0.5) is 4.79 Å². The third kappa shape index (κ3) is 9.89. The van der Waals surface area contributed by atoms with Gasteiger partial charge in [0.25, 0.3) is 0 Å². The van der Waals surface area contributed by atoms with Gasteiger partial charge >= 0.3 is 6.09 Å². The lowest BCUT2D eigenvalue weighted by Crippen LogP contribution is -2.24. The maximum absolute atomic E-state index is 9.96. The van der Waals surface area contributed by atoms with Gasteiger partial charge in [-0.2, -0.15) is 0 Å². The summed E-state index contributed by atoms with van der Waals surface area (Å²) in [6.07, 6.45) is -1.01. The van der Waals surface area contributed by atoms with E-state index in [1.165, 1.54) is 10.8 Å². The first kappa shape index (κ1) is 11.9. The Hall–Kier alpha value is -0.110. The Morgan fingerprint density at radius 1 is 1.50 bits per heavy atom. The SMILES string of the molecule is NCCNCCSSNC(=O)O. The normalized spacial score (nSPS) is 9.75. The van der Waals surface area contributed by atoms with Crippen LogP contribution in [0.1, 0.15) is 0 Å². The van der Waals surface area contributed by atoms with E-state index in [0.29, 0.717) is 6.54 Å². The highest BCUT2D eigenvalue weighted by Crippen LogP contribution is 2.15. The molecule has 0 spiro atoms. The quantitative estimate of drug-likeness (QED) is 0.271. The molecule has 1 amide bonds. The van der Waals surface area contributed by atoms with Gasteiger partial charge in [0.2, 0.25) is 0 Å². The maximum atomic E-state index is 9.96. The van der Waals surface area contributed by atoms with Crippen LogP contribution in [-0.4, -0.2) is 36.6 Å². The second-order valence-electron chi connectivity index (χ2n) is 1.85. The van der Waals surface area contributed by atoms with Crippen molar-refractivity contribution in [2.75, 3.05) is 25.4 Å². The van der Waals surface area contributed by atoms with Crippen LogP contribution in [-0.2, 0) is 0 Å². The first-order valence-corrected chi connectivity index (χ1v) is 5.77. The van der Waals surface area contributed by atoms with E-state index in [9.17, 15) is 4.79 Å². The fourth-order valence-electron chi connectivity index (χ4n) is 0.448. The fraction of sp³-hybridized carbons (Fsp3) is 0.800. The third-order valence-corrected chi connectivity index (χ3v) is 2.72.